The molecule has 0 unspecified atom stereocenters. The van der Waals surface area contributed by atoms with Crippen LogP contribution < -0.4 is 15.4 Å². The molecule has 0 amide bonds. The first-order chi connectivity index (χ1) is 10.5. The second-order valence-electron chi connectivity index (χ2n) is 5.16. The van der Waals surface area contributed by atoms with Gasteiger partial charge in [0.25, 0.3) is 0 Å². The third kappa shape index (κ3) is 3.11. The van der Waals surface area contributed by atoms with Gasteiger partial charge in [0.05, 0.1) is 23.0 Å². The maximum atomic E-state index is 12.0. The highest BCUT2D eigenvalue weighted by molar-refractivity contribution is 7.92. The summed E-state index contributed by atoms with van der Waals surface area (Å²) in [5, 5.41) is 9.00. The smallest absolute Gasteiger partial charge is 0.324 e. The Hall–Kier alpha value is -2.62. The SMILES string of the molecule is Cc1cc2[nH]c(=O)c(=O)[nH]c2c(N(CC(=O)O)S(C)(=O)=O)c1C. The minimum absolute atomic E-state index is 0.0262. The van der Waals surface area contributed by atoms with Crippen LogP contribution in [0.1, 0.15) is 11.1 Å². The molecule has 2 aromatic rings. The molecule has 1 aromatic carbocycles. The summed E-state index contributed by atoms with van der Waals surface area (Å²) in [5.41, 5.74) is -0.419. The van der Waals surface area contributed by atoms with Crippen molar-refractivity contribution in [2.24, 2.45) is 0 Å². The molecule has 0 aliphatic rings. The monoisotopic (exact) mass is 341 g/mol. The number of fused-ring (bicyclic) bond motifs is 1. The van der Waals surface area contributed by atoms with Gasteiger partial charge in [-0.1, -0.05) is 0 Å². The number of hydrogen-bond donors (Lipinski definition) is 3. The minimum atomic E-state index is -3.93. The highest BCUT2D eigenvalue weighted by Crippen LogP contribution is 2.31. The van der Waals surface area contributed by atoms with Crippen LogP contribution >= 0.6 is 0 Å². The van der Waals surface area contributed by atoms with Crippen molar-refractivity contribution in [1.29, 1.82) is 0 Å². The topological polar surface area (TPSA) is 140 Å². The van der Waals surface area contributed by atoms with E-state index in [9.17, 15) is 22.8 Å². The average molecular weight is 341 g/mol. The fraction of sp³-hybridized carbons (Fsp3) is 0.308. The lowest BCUT2D eigenvalue weighted by atomic mass is 10.1. The summed E-state index contributed by atoms with van der Waals surface area (Å²) >= 11 is 0. The zero-order chi connectivity index (χ0) is 17.5. The van der Waals surface area contributed by atoms with Crippen LogP contribution in [0.15, 0.2) is 15.7 Å². The normalized spacial score (nSPS) is 11.6. The summed E-state index contributed by atoms with van der Waals surface area (Å²) in [5.74, 6) is -1.35. The average Bonchev–Trinajstić information content (AvgIpc) is 2.40. The lowest BCUT2D eigenvalue weighted by molar-refractivity contribution is -0.135. The molecule has 23 heavy (non-hydrogen) atoms. The molecule has 2 rings (SSSR count). The fourth-order valence-electron chi connectivity index (χ4n) is 2.27. The van der Waals surface area contributed by atoms with Gasteiger partial charge in [-0.3, -0.25) is 18.7 Å². The Labute approximate surface area is 130 Å². The Bertz CT molecular complexity index is 1020. The number of aryl methyl sites for hydroxylation is 1. The number of nitrogens with one attached hydrogen (secondary N) is 2. The van der Waals surface area contributed by atoms with E-state index in [-0.39, 0.29) is 16.7 Å². The molecule has 124 valence electrons. The van der Waals surface area contributed by atoms with Crippen molar-refractivity contribution in [3.63, 3.8) is 0 Å². The number of rotatable bonds is 4. The minimum Gasteiger partial charge on any atom is -0.480 e. The zero-order valence-corrected chi connectivity index (χ0v) is 13.4. The summed E-state index contributed by atoms with van der Waals surface area (Å²) in [6.45, 7) is 2.48. The van der Waals surface area contributed by atoms with E-state index in [1.54, 1.807) is 19.9 Å². The summed E-state index contributed by atoms with van der Waals surface area (Å²) in [6, 6.07) is 1.58. The summed E-state index contributed by atoms with van der Waals surface area (Å²) in [7, 11) is -3.93. The van der Waals surface area contributed by atoms with Gasteiger partial charge >= 0.3 is 17.1 Å². The van der Waals surface area contributed by atoms with E-state index >= 15 is 0 Å². The first kappa shape index (κ1) is 16.7. The van der Waals surface area contributed by atoms with E-state index in [0.717, 1.165) is 6.26 Å². The maximum Gasteiger partial charge on any atom is 0.324 e. The van der Waals surface area contributed by atoms with Gasteiger partial charge in [0.15, 0.2) is 0 Å². The standard InChI is InChI=1S/C13H15N3O6S/c1-6-4-8-10(15-13(20)12(19)14-8)11(7(6)2)16(5-9(17)18)23(3,21)22/h4H,5H2,1-3H3,(H,14,19)(H,15,20)(H,17,18). The van der Waals surface area contributed by atoms with Crippen molar-refractivity contribution in [2.75, 3.05) is 17.1 Å². The summed E-state index contributed by atoms with van der Waals surface area (Å²) in [4.78, 5) is 38.8. The van der Waals surface area contributed by atoms with Crippen LogP contribution in [-0.2, 0) is 14.8 Å². The number of nitrogens with zero attached hydrogens (tertiary/aromatic N) is 1. The van der Waals surface area contributed by atoms with Gasteiger partial charge in [0.2, 0.25) is 10.0 Å². The lowest BCUT2D eigenvalue weighted by Crippen LogP contribution is -2.37. The van der Waals surface area contributed by atoms with Crippen LogP contribution in [0.3, 0.4) is 0 Å². The Morgan fingerprint density at radius 2 is 1.78 bits per heavy atom. The van der Waals surface area contributed by atoms with E-state index in [4.69, 9.17) is 5.11 Å². The third-order valence-electron chi connectivity index (χ3n) is 3.44. The molecule has 0 bridgehead atoms. The number of anilines is 1. The van der Waals surface area contributed by atoms with Crippen LogP contribution in [0.4, 0.5) is 5.69 Å². The number of H-pyrrole nitrogens is 2. The maximum absolute atomic E-state index is 12.0. The second-order valence-corrected chi connectivity index (χ2v) is 7.07. The van der Waals surface area contributed by atoms with Gasteiger partial charge in [-0.2, -0.15) is 0 Å². The summed E-state index contributed by atoms with van der Waals surface area (Å²) in [6.07, 6.45) is 0.868. The molecule has 0 aliphatic heterocycles. The van der Waals surface area contributed by atoms with E-state index in [2.05, 4.69) is 9.97 Å². The lowest BCUT2D eigenvalue weighted by Gasteiger charge is -2.24. The van der Waals surface area contributed by atoms with E-state index in [0.29, 0.717) is 15.4 Å². The molecule has 9 nitrogen and oxygen atoms in total. The molecule has 0 atom stereocenters. The van der Waals surface area contributed by atoms with Gasteiger partial charge in [0, 0.05) is 0 Å². The molecule has 10 heteroatoms. The first-order valence-electron chi connectivity index (χ1n) is 6.48. The Balaban J connectivity index is 2.98. The molecule has 0 radical (unpaired) electrons. The van der Waals surface area contributed by atoms with Crippen LogP contribution in [0, 0.1) is 13.8 Å². The van der Waals surface area contributed by atoms with Crippen molar-refractivity contribution in [2.45, 2.75) is 13.8 Å². The van der Waals surface area contributed by atoms with Crippen molar-refractivity contribution in [3.05, 3.63) is 37.9 Å². The highest BCUT2D eigenvalue weighted by atomic mass is 32.2. The van der Waals surface area contributed by atoms with Crippen LogP contribution in [0.5, 0.6) is 0 Å². The van der Waals surface area contributed by atoms with Crippen molar-refractivity contribution in [3.8, 4) is 0 Å². The fourth-order valence-corrected chi connectivity index (χ4v) is 3.17. The number of carboxylic acids is 1. The molecule has 3 N–H and O–H groups in total. The molecule has 0 aliphatic carbocycles. The number of carbonyl (C=O) groups is 1. The number of carboxylic acid groups (broad SMARTS) is 1. The molecular weight excluding hydrogens is 326 g/mol. The van der Waals surface area contributed by atoms with Crippen molar-refractivity contribution >= 4 is 32.7 Å². The number of aliphatic carboxylic acids is 1. The van der Waals surface area contributed by atoms with Crippen LogP contribution in [0.2, 0.25) is 0 Å². The quantitative estimate of drug-likeness (QED) is 0.651. The molecule has 0 spiro atoms. The first-order valence-corrected chi connectivity index (χ1v) is 8.33. The van der Waals surface area contributed by atoms with Gasteiger partial charge in [-0.25, -0.2) is 8.42 Å². The van der Waals surface area contributed by atoms with Gasteiger partial charge in [-0.05, 0) is 31.0 Å². The van der Waals surface area contributed by atoms with Crippen LogP contribution in [0.25, 0.3) is 11.0 Å². The Kier molecular flexibility index (Phi) is 4.03. The number of hydrogen-bond acceptors (Lipinski definition) is 5. The van der Waals surface area contributed by atoms with Gasteiger partial charge < -0.3 is 15.1 Å². The van der Waals surface area contributed by atoms with Crippen molar-refractivity contribution < 1.29 is 18.3 Å². The molecule has 0 fully saturated rings. The molecular formula is C13H15N3O6S. The van der Waals surface area contributed by atoms with Crippen LogP contribution in [-0.4, -0.2) is 42.3 Å². The highest BCUT2D eigenvalue weighted by Gasteiger charge is 2.26. The largest absolute Gasteiger partial charge is 0.480 e. The molecule has 1 aromatic heterocycles. The number of sulfonamides is 1. The number of aromatic amines is 2. The van der Waals surface area contributed by atoms with Crippen molar-refractivity contribution in [1.82, 2.24) is 9.97 Å². The van der Waals surface area contributed by atoms with E-state index in [1.807, 2.05) is 0 Å². The van der Waals surface area contributed by atoms with E-state index < -0.39 is 33.7 Å². The predicted octanol–water partition coefficient (Wildman–Crippen LogP) is -0.316. The van der Waals surface area contributed by atoms with Gasteiger partial charge in [-0.15, -0.1) is 0 Å². The zero-order valence-electron chi connectivity index (χ0n) is 12.6. The molecule has 0 saturated heterocycles. The Morgan fingerprint density at radius 1 is 1.22 bits per heavy atom. The summed E-state index contributed by atoms with van der Waals surface area (Å²) < 4.78 is 24.7. The Morgan fingerprint density at radius 3 is 2.30 bits per heavy atom. The predicted molar refractivity (Wildman–Crippen MR) is 84.5 cm³/mol. The van der Waals surface area contributed by atoms with Gasteiger partial charge in [0.1, 0.15) is 6.54 Å². The third-order valence-corrected chi connectivity index (χ3v) is 4.55. The molecule has 0 saturated carbocycles. The second kappa shape index (κ2) is 5.54. The molecule has 1 heterocycles. The van der Waals surface area contributed by atoms with E-state index in [1.165, 1.54) is 0 Å². The number of benzene rings is 1. The number of aromatic nitrogens is 2.